The fourth-order valence-corrected chi connectivity index (χ4v) is 4.33. The highest BCUT2D eigenvalue weighted by Gasteiger charge is 2.50. The lowest BCUT2D eigenvalue weighted by atomic mass is 9.89. The minimum Gasteiger partial charge on any atom is -0.478 e. The second-order valence-electron chi connectivity index (χ2n) is 9.37. The molecule has 3 aromatic rings. The van der Waals surface area contributed by atoms with E-state index in [1.807, 2.05) is 25.2 Å². The molecule has 1 aliphatic heterocycles. The first-order chi connectivity index (χ1) is 17.0. The number of benzene rings is 2. The molecule has 0 amide bonds. The first-order valence-electron chi connectivity index (χ1n) is 11.6. The number of carboxylic acid groups (broad SMARTS) is 1. The SMILES string of the molecule is CN1CCc2cc(-c3ccccc3OC(C)(C)C(F)(F)F)ccc2[C@H]1CNc1cnccc1C(=O)O. The van der Waals surface area contributed by atoms with Crippen molar-refractivity contribution in [1.82, 2.24) is 9.88 Å². The van der Waals surface area contributed by atoms with E-state index < -0.39 is 17.7 Å². The van der Waals surface area contributed by atoms with E-state index in [2.05, 4.69) is 15.2 Å². The number of alkyl halides is 3. The van der Waals surface area contributed by atoms with E-state index in [0.29, 0.717) is 17.8 Å². The number of hydrogen-bond donors (Lipinski definition) is 2. The van der Waals surface area contributed by atoms with E-state index in [1.165, 1.54) is 18.5 Å². The van der Waals surface area contributed by atoms with Crippen LogP contribution in [0.3, 0.4) is 0 Å². The summed E-state index contributed by atoms with van der Waals surface area (Å²) in [5, 5.41) is 12.7. The number of likely N-dealkylation sites (N-methyl/N-ethyl adjacent to an activating group) is 1. The van der Waals surface area contributed by atoms with Gasteiger partial charge in [0.2, 0.25) is 0 Å². The molecule has 0 unspecified atom stereocenters. The van der Waals surface area contributed by atoms with Gasteiger partial charge in [-0.3, -0.25) is 9.88 Å². The van der Waals surface area contributed by atoms with E-state index >= 15 is 0 Å². The van der Waals surface area contributed by atoms with Crippen molar-refractivity contribution in [2.75, 3.05) is 25.5 Å². The van der Waals surface area contributed by atoms with Crippen LogP contribution in [0.15, 0.2) is 60.9 Å². The van der Waals surface area contributed by atoms with Gasteiger partial charge in [-0.2, -0.15) is 13.2 Å². The Balaban J connectivity index is 1.62. The van der Waals surface area contributed by atoms with E-state index in [1.54, 1.807) is 24.3 Å². The van der Waals surface area contributed by atoms with Crippen molar-refractivity contribution in [3.8, 4) is 16.9 Å². The van der Waals surface area contributed by atoms with Crippen molar-refractivity contribution in [1.29, 1.82) is 0 Å². The summed E-state index contributed by atoms with van der Waals surface area (Å²) in [4.78, 5) is 17.7. The third-order valence-electron chi connectivity index (χ3n) is 6.55. The molecule has 0 radical (unpaired) electrons. The molecule has 9 heteroatoms. The highest BCUT2D eigenvalue weighted by Crippen LogP contribution is 2.40. The van der Waals surface area contributed by atoms with E-state index in [4.69, 9.17) is 4.74 Å². The van der Waals surface area contributed by atoms with Crippen LogP contribution in [0, 0.1) is 0 Å². The number of hydrogen-bond acceptors (Lipinski definition) is 5. The van der Waals surface area contributed by atoms with Gasteiger partial charge in [0.25, 0.3) is 0 Å². The predicted octanol–water partition coefficient (Wildman–Crippen LogP) is 5.81. The zero-order valence-corrected chi connectivity index (χ0v) is 20.3. The maximum Gasteiger partial charge on any atom is 0.427 e. The van der Waals surface area contributed by atoms with Crippen molar-refractivity contribution in [3.05, 3.63) is 77.6 Å². The second-order valence-corrected chi connectivity index (χ2v) is 9.37. The van der Waals surface area contributed by atoms with Gasteiger partial charge >= 0.3 is 12.1 Å². The summed E-state index contributed by atoms with van der Waals surface area (Å²) in [6.45, 7) is 3.28. The quantitative estimate of drug-likeness (QED) is 0.428. The number of nitrogens with zero attached hydrogens (tertiary/aromatic N) is 2. The Morgan fingerprint density at radius 1 is 1.19 bits per heavy atom. The summed E-state index contributed by atoms with van der Waals surface area (Å²) in [7, 11) is 2.01. The summed E-state index contributed by atoms with van der Waals surface area (Å²) in [5.41, 5.74) is 1.80. The fourth-order valence-electron chi connectivity index (χ4n) is 4.33. The van der Waals surface area contributed by atoms with Crippen molar-refractivity contribution >= 4 is 11.7 Å². The van der Waals surface area contributed by atoms with Crippen LogP contribution >= 0.6 is 0 Å². The number of aromatic carboxylic acids is 1. The standard InChI is InChI=1S/C27H28F3N3O3/c1-26(2,27(28,29)30)36-24-7-5-4-6-20(24)17-8-9-19-18(14-17)11-13-33(3)23(19)16-32-22-15-31-12-10-21(22)25(34)35/h4-10,12,14-15,23,32H,11,13,16H2,1-3H3,(H,34,35)/t23-/m1/s1. The topological polar surface area (TPSA) is 74.7 Å². The molecule has 2 heterocycles. The average Bonchev–Trinajstić information content (AvgIpc) is 2.82. The fraction of sp³-hybridized carbons (Fsp3) is 0.333. The van der Waals surface area contributed by atoms with E-state index in [9.17, 15) is 23.1 Å². The number of rotatable bonds is 7. The second kappa shape index (κ2) is 9.81. The van der Waals surface area contributed by atoms with Crippen LogP contribution in [0.4, 0.5) is 18.9 Å². The number of para-hydroxylation sites is 1. The van der Waals surface area contributed by atoms with Gasteiger partial charge in [-0.1, -0.05) is 36.4 Å². The van der Waals surface area contributed by atoms with Crippen molar-refractivity contribution in [3.63, 3.8) is 0 Å². The third-order valence-corrected chi connectivity index (χ3v) is 6.55. The average molecular weight is 500 g/mol. The largest absolute Gasteiger partial charge is 0.478 e. The zero-order chi connectivity index (χ0) is 26.1. The minimum atomic E-state index is -4.52. The maximum atomic E-state index is 13.5. The summed E-state index contributed by atoms with van der Waals surface area (Å²) in [6.07, 6.45) is -0.804. The number of ether oxygens (including phenoxy) is 1. The molecule has 4 rings (SSSR count). The summed E-state index contributed by atoms with van der Waals surface area (Å²) in [5.74, 6) is -0.861. The first-order valence-corrected chi connectivity index (χ1v) is 11.6. The number of nitrogens with one attached hydrogen (secondary N) is 1. The lowest BCUT2D eigenvalue weighted by molar-refractivity contribution is -0.234. The molecule has 2 N–H and O–H groups in total. The number of carboxylic acids is 1. The van der Waals surface area contributed by atoms with Gasteiger partial charge in [0.1, 0.15) is 5.75 Å². The van der Waals surface area contributed by atoms with E-state index in [0.717, 1.165) is 43.5 Å². The van der Waals surface area contributed by atoms with Crippen LogP contribution in [0.2, 0.25) is 0 Å². The van der Waals surface area contributed by atoms with E-state index in [-0.39, 0.29) is 17.4 Å². The van der Waals surface area contributed by atoms with Crippen molar-refractivity contribution < 1.29 is 27.8 Å². The van der Waals surface area contributed by atoms with Crippen LogP contribution in [0.1, 0.15) is 41.4 Å². The van der Waals surface area contributed by atoms with Gasteiger partial charge in [0, 0.05) is 24.8 Å². The molecule has 0 spiro atoms. The van der Waals surface area contributed by atoms with Gasteiger partial charge in [-0.15, -0.1) is 0 Å². The molecule has 1 aromatic heterocycles. The lowest BCUT2D eigenvalue weighted by Gasteiger charge is -2.35. The molecule has 0 aliphatic carbocycles. The Morgan fingerprint density at radius 2 is 1.94 bits per heavy atom. The monoisotopic (exact) mass is 499 g/mol. The predicted molar refractivity (Wildman–Crippen MR) is 131 cm³/mol. The Hall–Kier alpha value is -3.59. The molecule has 0 bridgehead atoms. The molecular weight excluding hydrogens is 471 g/mol. The van der Waals surface area contributed by atoms with Crippen LogP contribution in [0.5, 0.6) is 5.75 Å². The molecule has 0 fully saturated rings. The van der Waals surface area contributed by atoms with Crippen LogP contribution in [-0.2, 0) is 6.42 Å². The Labute approximate surface area is 207 Å². The van der Waals surface area contributed by atoms with Gasteiger partial charge in [-0.05, 0) is 56.1 Å². The smallest absolute Gasteiger partial charge is 0.427 e. The van der Waals surface area contributed by atoms with Crippen LogP contribution in [0.25, 0.3) is 11.1 Å². The summed E-state index contributed by atoms with van der Waals surface area (Å²) < 4.78 is 45.8. The van der Waals surface area contributed by atoms with Gasteiger partial charge in [0.15, 0.2) is 5.60 Å². The van der Waals surface area contributed by atoms with Gasteiger partial charge in [-0.25, -0.2) is 4.79 Å². The summed E-state index contributed by atoms with van der Waals surface area (Å²) >= 11 is 0. The third kappa shape index (κ3) is 5.16. The number of halogens is 3. The molecule has 1 aliphatic rings. The lowest BCUT2D eigenvalue weighted by Crippen LogP contribution is -2.44. The minimum absolute atomic E-state index is 0.0275. The molecule has 190 valence electrons. The van der Waals surface area contributed by atoms with Crippen LogP contribution < -0.4 is 10.1 Å². The highest BCUT2D eigenvalue weighted by molar-refractivity contribution is 5.93. The first kappa shape index (κ1) is 25.5. The molecule has 0 saturated carbocycles. The van der Waals surface area contributed by atoms with Crippen molar-refractivity contribution in [2.24, 2.45) is 0 Å². The number of pyridine rings is 1. The Morgan fingerprint density at radius 3 is 2.67 bits per heavy atom. The number of anilines is 1. The maximum absolute atomic E-state index is 13.5. The highest BCUT2D eigenvalue weighted by atomic mass is 19.4. The van der Waals surface area contributed by atoms with Gasteiger partial charge < -0.3 is 15.2 Å². The number of aromatic nitrogens is 1. The normalized spacial score (nSPS) is 16.3. The van der Waals surface area contributed by atoms with Crippen LogP contribution in [-0.4, -0.2) is 52.9 Å². The molecule has 2 aromatic carbocycles. The zero-order valence-electron chi connectivity index (χ0n) is 20.3. The Kier molecular flexibility index (Phi) is 6.95. The number of carbonyl (C=O) groups is 1. The molecule has 0 saturated heterocycles. The van der Waals surface area contributed by atoms with Crippen molar-refractivity contribution in [2.45, 2.75) is 38.1 Å². The molecule has 36 heavy (non-hydrogen) atoms. The molecule has 6 nitrogen and oxygen atoms in total. The summed E-state index contributed by atoms with van der Waals surface area (Å²) in [6, 6.07) is 14.0. The molecular formula is C27H28F3N3O3. The molecule has 1 atom stereocenters. The van der Waals surface area contributed by atoms with Gasteiger partial charge in [0.05, 0.1) is 23.5 Å². The number of fused-ring (bicyclic) bond motifs is 1. The Bertz CT molecular complexity index is 1260.